The monoisotopic (exact) mass is 333 g/mol. The Labute approximate surface area is 109 Å². The molecule has 1 unspecified atom stereocenters. The molecule has 0 aliphatic carbocycles. The molecule has 1 fully saturated rings. The number of ether oxygens (including phenoxy) is 1. The zero-order valence-corrected chi connectivity index (χ0v) is 11.4. The molecule has 0 amide bonds. The third-order valence-electron chi connectivity index (χ3n) is 2.90. The van der Waals surface area contributed by atoms with Crippen molar-refractivity contribution in [2.24, 2.45) is 0 Å². The second-order valence-electron chi connectivity index (χ2n) is 4.16. The van der Waals surface area contributed by atoms with Gasteiger partial charge in [-0.2, -0.15) is 0 Å². The predicted octanol–water partition coefficient (Wildman–Crippen LogP) is 2.41. The highest BCUT2D eigenvalue weighted by Gasteiger charge is 2.14. The number of hydrogen-bond donors (Lipinski definition) is 0. The van der Waals surface area contributed by atoms with E-state index in [1.165, 1.54) is 12.8 Å². The Balaban J connectivity index is 1.84. The summed E-state index contributed by atoms with van der Waals surface area (Å²) in [7, 11) is 0. The average molecular weight is 333 g/mol. The van der Waals surface area contributed by atoms with Gasteiger partial charge >= 0.3 is 0 Å². The van der Waals surface area contributed by atoms with Crippen molar-refractivity contribution in [3.8, 4) is 0 Å². The molecule has 2 heterocycles. The summed E-state index contributed by atoms with van der Waals surface area (Å²) in [6.07, 6.45) is 6.80. The highest BCUT2D eigenvalue weighted by atomic mass is 127. The van der Waals surface area contributed by atoms with Crippen LogP contribution in [0.4, 0.5) is 0 Å². The molecule has 3 nitrogen and oxygen atoms in total. The van der Waals surface area contributed by atoms with E-state index in [0.29, 0.717) is 6.10 Å². The zero-order valence-electron chi connectivity index (χ0n) is 9.19. The van der Waals surface area contributed by atoms with Crippen molar-refractivity contribution < 1.29 is 4.74 Å². The largest absolute Gasteiger partial charge is 0.378 e. The van der Waals surface area contributed by atoms with Crippen LogP contribution in [0.5, 0.6) is 0 Å². The van der Waals surface area contributed by atoms with E-state index in [1.54, 1.807) is 10.6 Å². The maximum Gasteiger partial charge on any atom is 0.250 e. The fraction of sp³-hybridized carbons (Fsp3) is 0.583. The van der Waals surface area contributed by atoms with Crippen LogP contribution < -0.4 is 5.56 Å². The van der Waals surface area contributed by atoms with Crippen molar-refractivity contribution in [2.75, 3.05) is 6.61 Å². The van der Waals surface area contributed by atoms with Crippen LogP contribution in [0.1, 0.15) is 25.7 Å². The first-order valence-corrected chi connectivity index (χ1v) is 6.81. The third kappa shape index (κ3) is 3.31. The number of rotatable bonds is 4. The van der Waals surface area contributed by atoms with Gasteiger partial charge in [0.15, 0.2) is 0 Å². The summed E-state index contributed by atoms with van der Waals surface area (Å²) in [6.45, 7) is 1.71. The fourth-order valence-corrected chi connectivity index (χ4v) is 2.55. The number of aryl methyl sites for hydroxylation is 1. The normalized spacial score (nSPS) is 20.2. The molecule has 1 atom stereocenters. The van der Waals surface area contributed by atoms with E-state index in [9.17, 15) is 4.79 Å². The van der Waals surface area contributed by atoms with Gasteiger partial charge in [0.1, 0.15) is 0 Å². The van der Waals surface area contributed by atoms with Crippen LogP contribution in [0, 0.1) is 3.57 Å². The van der Waals surface area contributed by atoms with Crippen LogP contribution in [0.3, 0.4) is 0 Å². The summed E-state index contributed by atoms with van der Waals surface area (Å²) in [5, 5.41) is 0. The van der Waals surface area contributed by atoms with Crippen molar-refractivity contribution in [3.63, 3.8) is 0 Å². The molecule has 88 valence electrons. The third-order valence-corrected chi connectivity index (χ3v) is 3.53. The lowest BCUT2D eigenvalue weighted by Gasteiger charge is -2.10. The van der Waals surface area contributed by atoms with E-state index < -0.39 is 0 Å². The number of hydrogen-bond acceptors (Lipinski definition) is 2. The van der Waals surface area contributed by atoms with Crippen molar-refractivity contribution in [1.29, 1.82) is 0 Å². The molecular weight excluding hydrogens is 317 g/mol. The predicted molar refractivity (Wildman–Crippen MR) is 71.6 cm³/mol. The number of nitrogens with zero attached hydrogens (tertiary/aromatic N) is 1. The lowest BCUT2D eigenvalue weighted by Crippen LogP contribution is -2.19. The smallest absolute Gasteiger partial charge is 0.250 e. The van der Waals surface area contributed by atoms with Crippen molar-refractivity contribution >= 4 is 22.6 Å². The van der Waals surface area contributed by atoms with Gasteiger partial charge in [-0.25, -0.2) is 0 Å². The topological polar surface area (TPSA) is 31.2 Å². The number of aromatic nitrogens is 1. The zero-order chi connectivity index (χ0) is 11.4. The Hall–Kier alpha value is -0.360. The fourth-order valence-electron chi connectivity index (χ4n) is 2.04. The minimum atomic E-state index is 0.0905. The van der Waals surface area contributed by atoms with Gasteiger partial charge in [-0.15, -0.1) is 0 Å². The summed E-state index contributed by atoms with van der Waals surface area (Å²) >= 11 is 2.23. The molecule has 2 rings (SSSR count). The molecule has 4 heteroatoms. The van der Waals surface area contributed by atoms with Gasteiger partial charge < -0.3 is 9.30 Å². The standard InChI is InChI=1S/C12H16INO2/c13-10-5-6-12(15)14(9-10)7-1-3-11-4-2-8-16-11/h5-6,9,11H,1-4,7-8H2. The Kier molecular flexibility index (Phi) is 4.40. The summed E-state index contributed by atoms with van der Waals surface area (Å²) in [5.41, 5.74) is 0.0905. The second-order valence-corrected chi connectivity index (χ2v) is 5.40. The van der Waals surface area contributed by atoms with Crippen LogP contribution in [-0.2, 0) is 11.3 Å². The Morgan fingerprint density at radius 2 is 2.38 bits per heavy atom. The van der Waals surface area contributed by atoms with E-state index in [-0.39, 0.29) is 5.56 Å². The molecule has 1 saturated heterocycles. The molecular formula is C12H16INO2. The van der Waals surface area contributed by atoms with Gasteiger partial charge in [-0.3, -0.25) is 4.79 Å². The lowest BCUT2D eigenvalue weighted by molar-refractivity contribution is 0.101. The first kappa shape index (κ1) is 12.1. The lowest BCUT2D eigenvalue weighted by atomic mass is 10.1. The molecule has 0 aromatic carbocycles. The second kappa shape index (κ2) is 5.82. The number of halogens is 1. The summed E-state index contributed by atoms with van der Waals surface area (Å²) in [6, 6.07) is 3.48. The van der Waals surface area contributed by atoms with Gasteiger partial charge in [0.2, 0.25) is 0 Å². The minimum absolute atomic E-state index is 0.0905. The van der Waals surface area contributed by atoms with Gasteiger partial charge in [0, 0.05) is 29.0 Å². The Bertz CT molecular complexity index is 396. The SMILES string of the molecule is O=c1ccc(I)cn1CCCC1CCCO1. The van der Waals surface area contributed by atoms with Gasteiger partial charge in [-0.05, 0) is 54.3 Å². The molecule has 0 saturated carbocycles. The van der Waals surface area contributed by atoms with E-state index >= 15 is 0 Å². The summed E-state index contributed by atoms with van der Waals surface area (Å²) in [5.74, 6) is 0. The van der Waals surface area contributed by atoms with Gasteiger partial charge in [0.05, 0.1) is 6.10 Å². The van der Waals surface area contributed by atoms with Crippen LogP contribution in [0.15, 0.2) is 23.1 Å². The first-order chi connectivity index (χ1) is 7.75. The van der Waals surface area contributed by atoms with E-state index in [0.717, 1.165) is 29.6 Å². The van der Waals surface area contributed by atoms with Crippen LogP contribution in [-0.4, -0.2) is 17.3 Å². The first-order valence-electron chi connectivity index (χ1n) is 5.73. The van der Waals surface area contributed by atoms with Crippen molar-refractivity contribution in [2.45, 2.75) is 38.3 Å². The maximum absolute atomic E-state index is 11.5. The molecule has 1 aliphatic heterocycles. The van der Waals surface area contributed by atoms with E-state index in [4.69, 9.17) is 4.74 Å². The average Bonchev–Trinajstić information content (AvgIpc) is 2.76. The quantitative estimate of drug-likeness (QED) is 0.793. The molecule has 1 aliphatic rings. The molecule has 0 N–H and O–H groups in total. The summed E-state index contributed by atoms with van der Waals surface area (Å²) in [4.78, 5) is 11.5. The van der Waals surface area contributed by atoms with Crippen molar-refractivity contribution in [1.82, 2.24) is 4.57 Å². The Morgan fingerprint density at radius 3 is 3.12 bits per heavy atom. The minimum Gasteiger partial charge on any atom is -0.378 e. The molecule has 1 aromatic heterocycles. The highest BCUT2D eigenvalue weighted by Crippen LogP contribution is 2.16. The molecule has 0 spiro atoms. The van der Waals surface area contributed by atoms with Crippen LogP contribution in [0.2, 0.25) is 0 Å². The summed E-state index contributed by atoms with van der Waals surface area (Å²) < 4.78 is 8.45. The van der Waals surface area contributed by atoms with Crippen LogP contribution in [0.25, 0.3) is 0 Å². The van der Waals surface area contributed by atoms with Gasteiger partial charge in [-0.1, -0.05) is 0 Å². The van der Waals surface area contributed by atoms with E-state index in [2.05, 4.69) is 22.6 Å². The molecule has 1 aromatic rings. The molecule has 16 heavy (non-hydrogen) atoms. The molecule has 0 radical (unpaired) electrons. The van der Waals surface area contributed by atoms with Crippen LogP contribution >= 0.6 is 22.6 Å². The number of pyridine rings is 1. The van der Waals surface area contributed by atoms with Crippen molar-refractivity contribution in [3.05, 3.63) is 32.3 Å². The molecule has 0 bridgehead atoms. The maximum atomic E-state index is 11.5. The van der Waals surface area contributed by atoms with Gasteiger partial charge in [0.25, 0.3) is 5.56 Å². The Morgan fingerprint density at radius 1 is 1.50 bits per heavy atom. The highest BCUT2D eigenvalue weighted by molar-refractivity contribution is 14.1. The van der Waals surface area contributed by atoms with E-state index in [1.807, 2.05) is 12.3 Å².